The van der Waals surface area contributed by atoms with Crippen LogP contribution in [0.2, 0.25) is 0 Å². The number of nitrogens with one attached hydrogen (secondary N) is 1. The van der Waals surface area contributed by atoms with Crippen LogP contribution in [0.15, 0.2) is 18.2 Å². The lowest BCUT2D eigenvalue weighted by Crippen LogP contribution is -2.02. The lowest BCUT2D eigenvalue weighted by molar-refractivity contribution is 0.386. The van der Waals surface area contributed by atoms with Gasteiger partial charge in [0.25, 0.3) is 0 Å². The molecule has 3 rings (SSSR count). The highest BCUT2D eigenvalue weighted by atomic mass is 32.1. The second-order valence-corrected chi connectivity index (χ2v) is 5.09. The number of aromatic amines is 1. The Kier molecular flexibility index (Phi) is 3.29. The van der Waals surface area contributed by atoms with Crippen LogP contribution in [0.4, 0.5) is 4.39 Å². The summed E-state index contributed by atoms with van der Waals surface area (Å²) in [7, 11) is 3.30. The minimum absolute atomic E-state index is 0.182. The van der Waals surface area contributed by atoms with Gasteiger partial charge in [-0.2, -0.15) is 5.10 Å². The standard InChI is InChI=1S/C14H15FN4OS/c1-4-10-12-13(18(2)17-10)19(14(21)16-12)8-5-6-9(15)11(7-8)20-3/h5-7H,4H2,1-3H3,(H,16,21). The Morgan fingerprint density at radius 1 is 1.43 bits per heavy atom. The van der Waals surface area contributed by atoms with Crippen molar-refractivity contribution < 1.29 is 9.13 Å². The minimum atomic E-state index is -0.404. The number of aromatic nitrogens is 4. The Hall–Kier alpha value is -2.15. The Labute approximate surface area is 126 Å². The molecule has 2 aromatic heterocycles. The van der Waals surface area contributed by atoms with Gasteiger partial charge in [0, 0.05) is 13.1 Å². The van der Waals surface area contributed by atoms with E-state index in [9.17, 15) is 4.39 Å². The third kappa shape index (κ3) is 2.04. The predicted octanol–water partition coefficient (Wildman–Crippen LogP) is 3.13. The topological polar surface area (TPSA) is 47.8 Å². The molecule has 0 bridgehead atoms. The quantitative estimate of drug-likeness (QED) is 0.756. The van der Waals surface area contributed by atoms with E-state index in [2.05, 4.69) is 10.1 Å². The fraction of sp³-hybridized carbons (Fsp3) is 0.286. The van der Waals surface area contributed by atoms with Gasteiger partial charge in [0.15, 0.2) is 22.0 Å². The van der Waals surface area contributed by atoms with Gasteiger partial charge in [-0.1, -0.05) is 6.92 Å². The SMILES string of the molecule is CCc1nn(C)c2c1[nH]c(=S)n2-c1ccc(F)c(OC)c1. The number of halogens is 1. The van der Waals surface area contributed by atoms with Gasteiger partial charge in [-0.25, -0.2) is 9.07 Å². The largest absolute Gasteiger partial charge is 0.494 e. The number of hydrogen-bond acceptors (Lipinski definition) is 3. The molecule has 5 nitrogen and oxygen atoms in total. The van der Waals surface area contributed by atoms with Crippen LogP contribution in [0.1, 0.15) is 12.6 Å². The molecule has 1 N–H and O–H groups in total. The zero-order valence-electron chi connectivity index (χ0n) is 12.0. The van der Waals surface area contributed by atoms with Gasteiger partial charge in [-0.3, -0.25) is 4.57 Å². The predicted molar refractivity (Wildman–Crippen MR) is 81.1 cm³/mol. The summed E-state index contributed by atoms with van der Waals surface area (Å²) >= 11 is 5.40. The molecule has 0 aliphatic rings. The summed E-state index contributed by atoms with van der Waals surface area (Å²) < 4.78 is 22.8. The number of benzene rings is 1. The van der Waals surface area contributed by atoms with Crippen LogP contribution in [0.25, 0.3) is 16.9 Å². The lowest BCUT2D eigenvalue weighted by Gasteiger charge is -2.08. The molecule has 0 saturated heterocycles. The van der Waals surface area contributed by atoms with E-state index in [4.69, 9.17) is 17.0 Å². The molecule has 0 spiro atoms. The Bertz CT molecular complexity index is 877. The van der Waals surface area contributed by atoms with E-state index < -0.39 is 5.82 Å². The number of methoxy groups -OCH3 is 1. The van der Waals surface area contributed by atoms with E-state index in [0.717, 1.165) is 29.0 Å². The first-order chi connectivity index (χ1) is 10.1. The number of ether oxygens (including phenoxy) is 1. The highest BCUT2D eigenvalue weighted by molar-refractivity contribution is 7.71. The van der Waals surface area contributed by atoms with Crippen molar-refractivity contribution in [1.82, 2.24) is 19.3 Å². The highest BCUT2D eigenvalue weighted by Crippen LogP contribution is 2.26. The molecule has 0 aliphatic heterocycles. The van der Waals surface area contributed by atoms with Crippen LogP contribution in [0.5, 0.6) is 5.75 Å². The maximum atomic E-state index is 13.6. The van der Waals surface area contributed by atoms with Crippen LogP contribution in [0.3, 0.4) is 0 Å². The first kappa shape index (κ1) is 13.8. The number of aryl methyl sites for hydroxylation is 2. The van der Waals surface area contributed by atoms with Gasteiger partial charge < -0.3 is 9.72 Å². The van der Waals surface area contributed by atoms with E-state index in [1.54, 1.807) is 16.8 Å². The second kappa shape index (κ2) is 5.00. The molecule has 0 atom stereocenters. The lowest BCUT2D eigenvalue weighted by atomic mass is 10.3. The van der Waals surface area contributed by atoms with Crippen molar-refractivity contribution >= 4 is 23.4 Å². The highest BCUT2D eigenvalue weighted by Gasteiger charge is 2.16. The van der Waals surface area contributed by atoms with Crippen LogP contribution in [-0.4, -0.2) is 26.4 Å². The maximum absolute atomic E-state index is 13.6. The number of imidazole rings is 1. The van der Waals surface area contributed by atoms with Crippen LogP contribution < -0.4 is 4.74 Å². The summed E-state index contributed by atoms with van der Waals surface area (Å²) in [5.41, 5.74) is 3.44. The van der Waals surface area contributed by atoms with Gasteiger partial charge in [0.05, 0.1) is 18.5 Å². The molecule has 21 heavy (non-hydrogen) atoms. The Balaban J connectivity index is 2.32. The molecule has 0 aliphatic carbocycles. The van der Waals surface area contributed by atoms with Gasteiger partial charge in [-0.15, -0.1) is 0 Å². The smallest absolute Gasteiger partial charge is 0.184 e. The summed E-state index contributed by atoms with van der Waals surface area (Å²) in [5.74, 6) is -0.222. The van der Waals surface area contributed by atoms with Gasteiger partial charge in [0.2, 0.25) is 0 Å². The average Bonchev–Trinajstić information content (AvgIpc) is 2.96. The third-order valence-corrected chi connectivity index (χ3v) is 3.75. The summed E-state index contributed by atoms with van der Waals surface area (Å²) in [6, 6.07) is 4.66. The molecule has 3 aromatic rings. The molecule has 0 fully saturated rings. The van der Waals surface area contributed by atoms with E-state index in [-0.39, 0.29) is 5.75 Å². The molecular formula is C14H15FN4OS. The molecule has 0 radical (unpaired) electrons. The molecule has 1 aromatic carbocycles. The molecule has 7 heteroatoms. The van der Waals surface area contributed by atoms with Gasteiger partial charge >= 0.3 is 0 Å². The zero-order chi connectivity index (χ0) is 15.1. The van der Waals surface area contributed by atoms with Crippen molar-refractivity contribution in [1.29, 1.82) is 0 Å². The zero-order valence-corrected chi connectivity index (χ0v) is 12.8. The van der Waals surface area contributed by atoms with Crippen LogP contribution in [-0.2, 0) is 13.5 Å². The number of nitrogens with zero attached hydrogens (tertiary/aromatic N) is 3. The molecule has 0 unspecified atom stereocenters. The normalized spacial score (nSPS) is 11.2. The Morgan fingerprint density at radius 2 is 2.19 bits per heavy atom. The van der Waals surface area contributed by atoms with Crippen molar-refractivity contribution in [2.45, 2.75) is 13.3 Å². The van der Waals surface area contributed by atoms with Crippen LogP contribution >= 0.6 is 12.2 Å². The summed E-state index contributed by atoms with van der Waals surface area (Å²) in [4.78, 5) is 3.18. The molecule has 2 heterocycles. The number of hydrogen-bond donors (Lipinski definition) is 1. The average molecular weight is 306 g/mol. The second-order valence-electron chi connectivity index (χ2n) is 4.71. The third-order valence-electron chi connectivity index (χ3n) is 3.46. The van der Waals surface area contributed by atoms with Gasteiger partial charge in [0.1, 0.15) is 5.52 Å². The number of H-pyrrole nitrogens is 1. The fourth-order valence-corrected chi connectivity index (χ4v) is 2.78. The molecule has 0 amide bonds. The fourth-order valence-electron chi connectivity index (χ4n) is 2.49. The van der Waals surface area contributed by atoms with E-state index >= 15 is 0 Å². The van der Waals surface area contributed by atoms with Gasteiger partial charge in [-0.05, 0) is 30.8 Å². The van der Waals surface area contributed by atoms with Crippen molar-refractivity contribution in [2.75, 3.05) is 7.11 Å². The van der Waals surface area contributed by atoms with Crippen molar-refractivity contribution in [3.8, 4) is 11.4 Å². The number of fused-ring (bicyclic) bond motifs is 1. The first-order valence-electron chi connectivity index (χ1n) is 6.57. The maximum Gasteiger partial charge on any atom is 0.184 e. The van der Waals surface area contributed by atoms with E-state index in [1.807, 2.05) is 18.5 Å². The van der Waals surface area contributed by atoms with E-state index in [0.29, 0.717) is 4.77 Å². The first-order valence-corrected chi connectivity index (χ1v) is 6.98. The minimum Gasteiger partial charge on any atom is -0.494 e. The van der Waals surface area contributed by atoms with Crippen LogP contribution in [0, 0.1) is 10.6 Å². The summed E-state index contributed by atoms with van der Waals surface area (Å²) in [5, 5.41) is 4.47. The van der Waals surface area contributed by atoms with Crippen molar-refractivity contribution in [3.05, 3.63) is 34.5 Å². The van der Waals surface area contributed by atoms with Crippen molar-refractivity contribution in [2.24, 2.45) is 7.05 Å². The molecule has 0 saturated carbocycles. The Morgan fingerprint density at radius 3 is 2.86 bits per heavy atom. The molecule has 110 valence electrons. The summed E-state index contributed by atoms with van der Waals surface area (Å²) in [6.45, 7) is 2.04. The monoisotopic (exact) mass is 306 g/mol. The number of rotatable bonds is 3. The van der Waals surface area contributed by atoms with E-state index in [1.165, 1.54) is 13.2 Å². The summed E-state index contributed by atoms with van der Waals surface area (Å²) in [6.07, 6.45) is 0.805. The van der Waals surface area contributed by atoms with Crippen molar-refractivity contribution in [3.63, 3.8) is 0 Å². The molecular weight excluding hydrogens is 291 g/mol.